The number of methoxy groups -OCH3 is 2. The normalized spacial score (nSPS) is 14.7. The lowest BCUT2D eigenvalue weighted by Crippen LogP contribution is -2.41. The minimum Gasteiger partial charge on any atom is -0.494 e. The fourth-order valence-electron chi connectivity index (χ4n) is 4.82. The summed E-state index contributed by atoms with van der Waals surface area (Å²) < 4.78 is 47.1. The molecule has 12 heteroatoms. The summed E-state index contributed by atoms with van der Waals surface area (Å²) in [6.07, 6.45) is 1.31. The van der Waals surface area contributed by atoms with Gasteiger partial charge in [-0.1, -0.05) is 36.4 Å². The number of nitrogens with one attached hydrogen (secondary N) is 1. The van der Waals surface area contributed by atoms with Gasteiger partial charge in [-0.15, -0.1) is 10.2 Å². The van der Waals surface area contributed by atoms with Crippen molar-refractivity contribution in [2.45, 2.75) is 31.4 Å². The molecule has 1 aliphatic rings. The molecule has 0 saturated heterocycles. The first-order chi connectivity index (χ1) is 19.4. The number of carbonyl (C=O) groups excluding carboxylic acids is 1. The van der Waals surface area contributed by atoms with Gasteiger partial charge in [0.25, 0.3) is 0 Å². The van der Waals surface area contributed by atoms with Crippen LogP contribution in [0.5, 0.6) is 17.4 Å². The molecule has 1 aliphatic carbocycles. The van der Waals surface area contributed by atoms with Crippen LogP contribution < -0.4 is 18.9 Å². The number of aromatic nitrogens is 4. The molecule has 0 unspecified atom stereocenters. The molecule has 2 aromatic heterocycles. The van der Waals surface area contributed by atoms with E-state index in [2.05, 4.69) is 19.9 Å². The Labute approximate surface area is 232 Å². The number of hydrogen-bond acceptors (Lipinski definition) is 9. The van der Waals surface area contributed by atoms with E-state index in [1.54, 1.807) is 36.4 Å². The lowest BCUT2D eigenvalue weighted by molar-refractivity contribution is 0.0969. The predicted molar refractivity (Wildman–Crippen MR) is 148 cm³/mol. The molecule has 40 heavy (non-hydrogen) atoms. The second-order valence-corrected chi connectivity index (χ2v) is 11.1. The van der Waals surface area contributed by atoms with Gasteiger partial charge in [0.05, 0.1) is 26.1 Å². The van der Waals surface area contributed by atoms with E-state index >= 15 is 0 Å². The molecule has 4 aromatic rings. The molecule has 1 atom stereocenters. The van der Waals surface area contributed by atoms with E-state index in [4.69, 9.17) is 14.2 Å². The first-order valence-electron chi connectivity index (χ1n) is 12.8. The fraction of sp³-hybridized carbons (Fsp3) is 0.286. The minimum absolute atomic E-state index is 0.165. The molecule has 0 bridgehead atoms. The first-order valence-corrected chi connectivity index (χ1v) is 14.3. The molecule has 0 radical (unpaired) electrons. The van der Waals surface area contributed by atoms with Gasteiger partial charge < -0.3 is 14.2 Å². The van der Waals surface area contributed by atoms with Gasteiger partial charge in [-0.25, -0.2) is 18.1 Å². The van der Waals surface area contributed by atoms with Crippen molar-refractivity contribution in [3.8, 4) is 34.6 Å². The largest absolute Gasteiger partial charge is 0.494 e. The lowest BCUT2D eigenvalue weighted by Gasteiger charge is -2.24. The highest BCUT2D eigenvalue weighted by atomic mass is 32.2. The number of nitrogens with zero attached hydrogens (tertiary/aromatic N) is 4. The number of amides is 1. The number of hydrogen-bond donors (Lipinski definition) is 1. The zero-order chi connectivity index (χ0) is 28.3. The molecular weight excluding hydrogens is 534 g/mol. The quantitative estimate of drug-likeness (QED) is 0.325. The number of rotatable bonds is 9. The van der Waals surface area contributed by atoms with Gasteiger partial charge >= 0.3 is 5.91 Å². The third-order valence-electron chi connectivity index (χ3n) is 6.71. The van der Waals surface area contributed by atoms with Crippen molar-refractivity contribution in [3.63, 3.8) is 0 Å². The fourth-order valence-corrected chi connectivity index (χ4v) is 6.16. The summed E-state index contributed by atoms with van der Waals surface area (Å²) in [6, 6.07) is 17.9. The van der Waals surface area contributed by atoms with Gasteiger partial charge in [-0.05, 0) is 55.5 Å². The van der Waals surface area contributed by atoms with Crippen molar-refractivity contribution in [1.82, 2.24) is 24.5 Å². The van der Waals surface area contributed by atoms with E-state index in [0.717, 1.165) is 11.1 Å². The summed E-state index contributed by atoms with van der Waals surface area (Å²) in [5, 5.41) is 7.57. The van der Waals surface area contributed by atoms with Gasteiger partial charge in [0.1, 0.15) is 22.9 Å². The zero-order valence-corrected chi connectivity index (χ0v) is 23.1. The highest BCUT2D eigenvalue weighted by Crippen LogP contribution is 2.36. The molecule has 0 saturated carbocycles. The number of pyridine rings is 1. The summed E-state index contributed by atoms with van der Waals surface area (Å²) >= 11 is 0. The summed E-state index contributed by atoms with van der Waals surface area (Å²) in [6.45, 7) is 2.24. The molecule has 0 spiro atoms. The third-order valence-corrected chi connectivity index (χ3v) is 8.46. The Morgan fingerprint density at radius 2 is 1.68 bits per heavy atom. The first kappa shape index (κ1) is 27.1. The van der Waals surface area contributed by atoms with Crippen LogP contribution in [0.2, 0.25) is 0 Å². The van der Waals surface area contributed by atoms with Crippen molar-refractivity contribution in [2.24, 2.45) is 0 Å². The van der Waals surface area contributed by atoms with Crippen molar-refractivity contribution < 1.29 is 27.4 Å². The van der Waals surface area contributed by atoms with Gasteiger partial charge in [0, 0.05) is 6.07 Å². The van der Waals surface area contributed by atoms with E-state index in [1.165, 1.54) is 18.8 Å². The summed E-state index contributed by atoms with van der Waals surface area (Å²) in [5.74, 6) is 0.00300. The number of carbonyl (C=O) groups is 1. The standard InChI is InChI=1S/C28H29N5O6S/c1-4-39-24-14-7-11-21(29-24)26-30-31-27(33(26)25-22(37-2)12-8-13-23(25)38-3)28(34)32-40(35,36)20-16-15-18-9-5-6-10-19(18)17-20/h5-14,20H,4,15-17H2,1-3H3,(H,32,34)/t20-/m1/s1. The molecule has 1 N–H and O–H groups in total. The van der Waals surface area contributed by atoms with Crippen LogP contribution in [0.15, 0.2) is 60.7 Å². The highest BCUT2D eigenvalue weighted by Gasteiger charge is 2.34. The lowest BCUT2D eigenvalue weighted by atomic mass is 9.92. The smallest absolute Gasteiger partial charge is 0.303 e. The zero-order valence-electron chi connectivity index (χ0n) is 22.3. The molecule has 1 amide bonds. The summed E-state index contributed by atoms with van der Waals surface area (Å²) in [5.41, 5.74) is 2.73. The summed E-state index contributed by atoms with van der Waals surface area (Å²) in [7, 11) is -1.10. The number of para-hydroxylation sites is 1. The van der Waals surface area contributed by atoms with Gasteiger partial charge in [0.15, 0.2) is 5.82 Å². The van der Waals surface area contributed by atoms with E-state index in [0.29, 0.717) is 54.6 Å². The molecule has 0 aliphatic heterocycles. The second kappa shape index (κ2) is 11.3. The molecule has 2 heterocycles. The topological polar surface area (TPSA) is 135 Å². The van der Waals surface area contributed by atoms with Gasteiger partial charge in [-0.3, -0.25) is 9.36 Å². The Bertz CT molecular complexity index is 1630. The Balaban J connectivity index is 1.58. The summed E-state index contributed by atoms with van der Waals surface area (Å²) in [4.78, 5) is 18.1. The maximum absolute atomic E-state index is 13.6. The minimum atomic E-state index is -4.05. The SMILES string of the molecule is CCOc1cccc(-c2nnc(C(=O)NS(=O)(=O)[C@@H]3CCc4ccccc4C3)n2-c2c(OC)cccc2OC)n1. The van der Waals surface area contributed by atoms with Crippen molar-refractivity contribution >= 4 is 15.9 Å². The van der Waals surface area contributed by atoms with Crippen molar-refractivity contribution in [1.29, 1.82) is 0 Å². The van der Waals surface area contributed by atoms with Crippen LogP contribution in [0.3, 0.4) is 0 Å². The number of sulfonamides is 1. The van der Waals surface area contributed by atoms with Crippen LogP contribution in [0.1, 0.15) is 35.1 Å². The molecule has 5 rings (SSSR count). The van der Waals surface area contributed by atoms with E-state index in [9.17, 15) is 13.2 Å². The van der Waals surface area contributed by atoms with E-state index < -0.39 is 21.2 Å². The van der Waals surface area contributed by atoms with E-state index in [-0.39, 0.29) is 11.6 Å². The van der Waals surface area contributed by atoms with Crippen molar-refractivity contribution in [2.75, 3.05) is 20.8 Å². The Morgan fingerprint density at radius 1 is 0.975 bits per heavy atom. The van der Waals surface area contributed by atoms with E-state index in [1.807, 2.05) is 31.2 Å². The van der Waals surface area contributed by atoms with Crippen LogP contribution in [0, 0.1) is 0 Å². The van der Waals surface area contributed by atoms with Gasteiger partial charge in [-0.2, -0.15) is 0 Å². The maximum Gasteiger partial charge on any atom is 0.303 e. The Hall–Kier alpha value is -4.45. The molecule has 208 valence electrons. The average molecular weight is 564 g/mol. The number of benzene rings is 2. The van der Waals surface area contributed by atoms with Crippen LogP contribution in [0.25, 0.3) is 17.2 Å². The Kier molecular flexibility index (Phi) is 7.69. The monoisotopic (exact) mass is 563 g/mol. The van der Waals surface area contributed by atoms with Crippen molar-refractivity contribution in [3.05, 3.63) is 77.6 Å². The molecule has 2 aromatic carbocycles. The number of ether oxygens (including phenoxy) is 3. The maximum atomic E-state index is 13.6. The Morgan fingerprint density at radius 3 is 2.38 bits per heavy atom. The van der Waals surface area contributed by atoms with Gasteiger partial charge in [0.2, 0.25) is 21.7 Å². The van der Waals surface area contributed by atoms with Crippen LogP contribution in [0.4, 0.5) is 0 Å². The third kappa shape index (κ3) is 5.22. The second-order valence-electron chi connectivity index (χ2n) is 9.10. The van der Waals surface area contributed by atoms with Crippen LogP contribution in [-0.2, 0) is 22.9 Å². The number of aryl methyl sites for hydroxylation is 1. The average Bonchev–Trinajstić information content (AvgIpc) is 3.41. The molecular formula is C28H29N5O6S. The van der Waals surface area contributed by atoms with Crippen LogP contribution in [-0.4, -0.2) is 60.1 Å². The molecule has 0 fully saturated rings. The predicted octanol–water partition coefficient (Wildman–Crippen LogP) is 3.36. The number of fused-ring (bicyclic) bond motifs is 1. The highest BCUT2D eigenvalue weighted by molar-refractivity contribution is 7.90. The molecule has 11 nitrogen and oxygen atoms in total. The van der Waals surface area contributed by atoms with Crippen LogP contribution >= 0.6 is 0 Å².